The lowest BCUT2D eigenvalue weighted by atomic mass is 9.73. The van der Waals surface area contributed by atoms with Crippen LogP contribution in [0.1, 0.15) is 66.5 Å². The Hall–Kier alpha value is -1.40. The van der Waals surface area contributed by atoms with E-state index in [1.807, 2.05) is 9.80 Å². The van der Waals surface area contributed by atoms with E-state index in [4.69, 9.17) is 0 Å². The van der Waals surface area contributed by atoms with Crippen LogP contribution in [0, 0.1) is 0 Å². The first-order valence-electron chi connectivity index (χ1n) is 12.0. The third-order valence-electron chi connectivity index (χ3n) is 5.88. The van der Waals surface area contributed by atoms with E-state index in [0.717, 1.165) is 0 Å². The first-order valence-corrected chi connectivity index (χ1v) is 14.9. The molecule has 0 N–H and O–H groups in total. The van der Waals surface area contributed by atoms with Crippen molar-refractivity contribution in [2.45, 2.75) is 104 Å². The maximum Gasteiger partial charge on any atom is 0.525 e. The van der Waals surface area contributed by atoms with E-state index < -0.39 is 43.8 Å². The van der Waals surface area contributed by atoms with Crippen molar-refractivity contribution < 1.29 is 51.4 Å². The summed E-state index contributed by atoms with van der Waals surface area (Å²) in [5, 5.41) is 0. The molecule has 0 heterocycles. The normalized spacial score (nSPS) is 14.1. The Kier molecular flexibility index (Phi) is 11.9. The number of hydrogen-bond acceptors (Lipinski definition) is 8. The van der Waals surface area contributed by atoms with Gasteiger partial charge in [0.05, 0.1) is 0 Å². The van der Waals surface area contributed by atoms with Crippen LogP contribution >= 0.6 is 0 Å². The lowest BCUT2D eigenvalue weighted by molar-refractivity contribution is -0.0523. The van der Waals surface area contributed by atoms with Crippen molar-refractivity contribution >= 4 is 32.8 Å². The molecule has 0 radical (unpaired) electrons. The summed E-state index contributed by atoms with van der Waals surface area (Å²) in [6.07, 6.45) is 0. The molecule has 0 unspecified atom stereocenters. The van der Waals surface area contributed by atoms with Crippen molar-refractivity contribution in [3.63, 3.8) is 0 Å². The molecule has 0 aliphatic rings. The summed E-state index contributed by atoms with van der Waals surface area (Å²) < 4.78 is 136. The van der Waals surface area contributed by atoms with Gasteiger partial charge in [-0.15, -0.1) is 0 Å². The Bertz CT molecular complexity index is 1070. The smallest absolute Gasteiger partial charge is 0.294 e. The first-order chi connectivity index (χ1) is 17.4. The summed E-state index contributed by atoms with van der Waals surface area (Å²) >= 11 is 0. The highest BCUT2D eigenvalue weighted by Gasteiger charge is 2.55. The minimum Gasteiger partial charge on any atom is -0.294 e. The van der Waals surface area contributed by atoms with Gasteiger partial charge in [0.1, 0.15) is 0 Å². The van der Waals surface area contributed by atoms with Crippen molar-refractivity contribution in [1.29, 1.82) is 0 Å². The second-order valence-corrected chi connectivity index (χ2v) is 13.2. The predicted octanol–water partition coefficient (Wildman–Crippen LogP) is 4.35. The van der Waals surface area contributed by atoms with Gasteiger partial charge in [0, 0.05) is 37.3 Å². The first kappa shape index (κ1) is 35.6. The fraction of sp³-hybridized carbons (Fsp3) is 0.727. The molecule has 0 atom stereocenters. The summed E-state index contributed by atoms with van der Waals surface area (Å²) in [7, 11) is -16.3. The lowest BCUT2D eigenvalue weighted by Gasteiger charge is -2.34. The van der Waals surface area contributed by atoms with E-state index in [0.29, 0.717) is 0 Å². The molecular formula is C22H35BF6N2O6S2. The van der Waals surface area contributed by atoms with Gasteiger partial charge in [0.15, 0.2) is 0 Å². The predicted molar refractivity (Wildman–Crippen MR) is 136 cm³/mol. The van der Waals surface area contributed by atoms with Gasteiger partial charge in [-0.25, -0.2) is 0 Å². The van der Waals surface area contributed by atoms with Crippen LogP contribution in [0.25, 0.3) is 0 Å². The zero-order valence-corrected chi connectivity index (χ0v) is 24.6. The fourth-order valence-electron chi connectivity index (χ4n) is 4.01. The average molecular weight is 612 g/mol. The maximum atomic E-state index is 13.3. The molecule has 0 amide bonds. The number of alkyl halides is 6. The minimum absolute atomic E-state index is 0.0297. The highest BCUT2D eigenvalue weighted by Crippen LogP contribution is 2.30. The van der Waals surface area contributed by atoms with E-state index in [9.17, 15) is 43.2 Å². The molecule has 1 rings (SSSR count). The van der Waals surface area contributed by atoms with Crippen LogP contribution in [-0.4, -0.2) is 68.9 Å². The zero-order valence-electron chi connectivity index (χ0n) is 23.0. The standard InChI is InChI=1S/C22H35BF6N2O6S2/c1-14(2)30(15(3)4)12-18-10-9-11-19(13-31(16(5)6)17(7)8)20(18)23(36-38(32,33)21(24,25)26)37-39(34,35)22(27,28)29/h9-11,14-17H,12-13H2,1-8H3. The van der Waals surface area contributed by atoms with Crippen molar-refractivity contribution in [2.24, 2.45) is 0 Å². The molecule has 0 aromatic heterocycles. The highest BCUT2D eigenvalue weighted by atomic mass is 32.2. The lowest BCUT2D eigenvalue weighted by Crippen LogP contribution is -2.50. The molecule has 0 bridgehead atoms. The third kappa shape index (κ3) is 9.31. The summed E-state index contributed by atoms with van der Waals surface area (Å²) in [6, 6.07) is 3.51. The molecule has 226 valence electrons. The van der Waals surface area contributed by atoms with E-state index in [1.54, 1.807) is 55.4 Å². The van der Waals surface area contributed by atoms with Crippen LogP contribution in [0.3, 0.4) is 0 Å². The second-order valence-electron chi connectivity index (χ2n) is 10.0. The molecule has 0 spiro atoms. The van der Waals surface area contributed by atoms with E-state index >= 15 is 0 Å². The van der Waals surface area contributed by atoms with Crippen LogP contribution in [0.2, 0.25) is 0 Å². The van der Waals surface area contributed by atoms with Crippen molar-refractivity contribution in [3.8, 4) is 0 Å². The summed E-state index contributed by atoms with van der Waals surface area (Å²) in [5.74, 6) is 0. The Balaban J connectivity index is 4.04. The van der Waals surface area contributed by atoms with Gasteiger partial charge in [0.2, 0.25) is 0 Å². The van der Waals surface area contributed by atoms with Gasteiger partial charge >= 0.3 is 38.4 Å². The molecule has 1 aromatic carbocycles. The second kappa shape index (κ2) is 13.1. The molecule has 0 saturated heterocycles. The van der Waals surface area contributed by atoms with Gasteiger partial charge < -0.3 is 0 Å². The van der Waals surface area contributed by atoms with Crippen molar-refractivity contribution in [3.05, 3.63) is 29.3 Å². The maximum absolute atomic E-state index is 13.3. The van der Waals surface area contributed by atoms with E-state index in [1.165, 1.54) is 18.2 Å². The largest absolute Gasteiger partial charge is 0.525 e. The Morgan fingerprint density at radius 3 is 1.18 bits per heavy atom. The SMILES string of the molecule is CC(C)N(Cc1cccc(CN(C(C)C)C(C)C)c1B(OS(=O)(=O)C(F)(F)F)OS(=O)(=O)C(F)(F)F)C(C)C. The summed E-state index contributed by atoms with van der Waals surface area (Å²) in [5.41, 5.74) is -12.6. The van der Waals surface area contributed by atoms with Gasteiger partial charge in [-0.3, -0.25) is 18.0 Å². The number of hydrogen-bond donors (Lipinski definition) is 0. The average Bonchev–Trinajstić information content (AvgIpc) is 2.72. The van der Waals surface area contributed by atoms with Crippen LogP contribution in [0.5, 0.6) is 0 Å². The van der Waals surface area contributed by atoms with E-state index in [2.05, 4.69) is 8.20 Å². The number of benzene rings is 1. The molecule has 0 fully saturated rings. The fourth-order valence-corrected chi connectivity index (χ4v) is 5.01. The van der Waals surface area contributed by atoms with Gasteiger partial charge in [0.25, 0.3) is 0 Å². The highest BCUT2D eigenvalue weighted by molar-refractivity contribution is 7.90. The van der Waals surface area contributed by atoms with Gasteiger partial charge in [-0.1, -0.05) is 18.2 Å². The Morgan fingerprint density at radius 2 is 0.949 bits per heavy atom. The zero-order chi connectivity index (χ0) is 30.7. The van der Waals surface area contributed by atoms with Crippen LogP contribution in [0.15, 0.2) is 18.2 Å². The molecule has 39 heavy (non-hydrogen) atoms. The molecular weight excluding hydrogens is 577 g/mol. The van der Waals surface area contributed by atoms with E-state index in [-0.39, 0.29) is 48.4 Å². The quantitative estimate of drug-likeness (QED) is 0.185. The third-order valence-corrected chi connectivity index (χ3v) is 7.87. The molecule has 0 saturated carbocycles. The number of halogens is 6. The summed E-state index contributed by atoms with van der Waals surface area (Å²) in [4.78, 5) is 3.64. The van der Waals surface area contributed by atoms with Crippen LogP contribution in [-0.2, 0) is 41.5 Å². The molecule has 8 nitrogen and oxygen atoms in total. The Morgan fingerprint density at radius 1 is 0.667 bits per heavy atom. The molecule has 0 aliphatic carbocycles. The topological polar surface area (TPSA) is 93.2 Å². The number of rotatable bonds is 13. The van der Waals surface area contributed by atoms with Crippen molar-refractivity contribution in [1.82, 2.24) is 9.80 Å². The minimum atomic E-state index is -6.60. The van der Waals surface area contributed by atoms with Crippen LogP contribution < -0.4 is 5.46 Å². The van der Waals surface area contributed by atoms with Crippen LogP contribution in [0.4, 0.5) is 26.3 Å². The van der Waals surface area contributed by atoms with Crippen molar-refractivity contribution in [2.75, 3.05) is 0 Å². The number of nitrogens with zero attached hydrogens (tertiary/aromatic N) is 2. The molecule has 17 heteroatoms. The van der Waals surface area contributed by atoms with Gasteiger partial charge in [-0.2, -0.15) is 43.2 Å². The summed E-state index contributed by atoms with van der Waals surface area (Å²) in [6.45, 7) is 14.2. The van der Waals surface area contributed by atoms with Gasteiger partial charge in [-0.05, 0) is 72.0 Å². The molecule has 0 aliphatic heterocycles. The Labute approximate surface area is 227 Å². The monoisotopic (exact) mass is 612 g/mol. The molecule has 1 aromatic rings.